The Morgan fingerprint density at radius 1 is 1.24 bits per heavy atom. The molecule has 2 heterocycles. The highest BCUT2D eigenvalue weighted by atomic mass is 16.6. The molecule has 10 heteroatoms. The van der Waals surface area contributed by atoms with Crippen molar-refractivity contribution in [2.24, 2.45) is 0 Å². The monoisotopic (exact) mass is 404 g/mol. The first kappa shape index (κ1) is 20.7. The SMILES string of the molecule is CN[C@H]1CN(C(=O)CO)c2ccccc2N(CC(=O)N[C@H]2CC(=O)OC2C)C1=O. The van der Waals surface area contributed by atoms with Gasteiger partial charge in [-0.1, -0.05) is 12.1 Å². The second-order valence-corrected chi connectivity index (χ2v) is 6.99. The van der Waals surface area contributed by atoms with Crippen LogP contribution >= 0.6 is 0 Å². The summed E-state index contributed by atoms with van der Waals surface area (Å²) in [7, 11) is 1.58. The number of cyclic esters (lactones) is 1. The number of carbonyl (C=O) groups is 4. The molecule has 29 heavy (non-hydrogen) atoms. The molecule has 0 saturated carbocycles. The maximum Gasteiger partial charge on any atom is 0.308 e. The van der Waals surface area contributed by atoms with E-state index >= 15 is 0 Å². The minimum atomic E-state index is -0.763. The molecule has 3 amide bonds. The van der Waals surface area contributed by atoms with E-state index in [1.165, 1.54) is 9.80 Å². The van der Waals surface area contributed by atoms with E-state index < -0.39 is 36.6 Å². The van der Waals surface area contributed by atoms with Gasteiger partial charge in [0.1, 0.15) is 25.3 Å². The zero-order valence-corrected chi connectivity index (χ0v) is 16.3. The van der Waals surface area contributed by atoms with Crippen molar-refractivity contribution in [2.45, 2.75) is 31.5 Å². The van der Waals surface area contributed by atoms with Crippen molar-refractivity contribution in [3.63, 3.8) is 0 Å². The lowest BCUT2D eigenvalue weighted by Crippen LogP contribution is -2.53. The topological polar surface area (TPSA) is 128 Å². The van der Waals surface area contributed by atoms with E-state index in [1.54, 1.807) is 38.2 Å². The molecule has 3 atom stereocenters. The second-order valence-electron chi connectivity index (χ2n) is 6.99. The predicted molar refractivity (Wildman–Crippen MR) is 103 cm³/mol. The summed E-state index contributed by atoms with van der Waals surface area (Å²) >= 11 is 0. The van der Waals surface area contributed by atoms with Gasteiger partial charge in [-0.05, 0) is 26.1 Å². The van der Waals surface area contributed by atoms with Gasteiger partial charge in [-0.2, -0.15) is 0 Å². The number of nitrogens with zero attached hydrogens (tertiary/aromatic N) is 2. The van der Waals surface area contributed by atoms with Gasteiger partial charge in [0.2, 0.25) is 11.8 Å². The number of para-hydroxylation sites is 2. The number of nitrogens with one attached hydrogen (secondary N) is 2. The number of amides is 3. The Balaban J connectivity index is 1.88. The zero-order valence-electron chi connectivity index (χ0n) is 16.3. The van der Waals surface area contributed by atoms with Crippen LogP contribution in [-0.2, 0) is 23.9 Å². The number of benzene rings is 1. The molecule has 3 rings (SSSR count). The predicted octanol–water partition coefficient (Wildman–Crippen LogP) is -1.23. The minimum absolute atomic E-state index is 0.0197. The van der Waals surface area contributed by atoms with E-state index in [2.05, 4.69) is 10.6 Å². The van der Waals surface area contributed by atoms with E-state index in [-0.39, 0.29) is 31.4 Å². The number of hydrogen-bond acceptors (Lipinski definition) is 7. The molecule has 1 aromatic carbocycles. The molecule has 2 aliphatic heterocycles. The highest BCUT2D eigenvalue weighted by molar-refractivity contribution is 6.09. The van der Waals surface area contributed by atoms with Crippen molar-refractivity contribution in [1.82, 2.24) is 10.6 Å². The molecule has 0 spiro atoms. The molecule has 0 aromatic heterocycles. The fraction of sp³-hybridized carbons (Fsp3) is 0.474. The summed E-state index contributed by atoms with van der Waals surface area (Å²) in [6, 6.07) is 5.48. The standard InChI is InChI=1S/C19H24N4O6/c1-11-12(7-18(27)29-11)21-16(25)9-23-15-6-4-3-5-14(15)22(17(26)10-24)8-13(20-2)19(23)28/h3-6,11-13,20,24H,7-10H2,1-2H3,(H,21,25)/t11?,12-,13-/m0/s1. The van der Waals surface area contributed by atoms with Gasteiger partial charge in [0.15, 0.2) is 0 Å². The number of likely N-dealkylation sites (N-methyl/N-ethyl adjacent to an activating group) is 1. The smallest absolute Gasteiger partial charge is 0.308 e. The van der Waals surface area contributed by atoms with Crippen LogP contribution in [0.5, 0.6) is 0 Å². The first-order chi connectivity index (χ1) is 13.8. The Labute approximate surface area is 167 Å². The van der Waals surface area contributed by atoms with Crippen molar-refractivity contribution in [3.05, 3.63) is 24.3 Å². The largest absolute Gasteiger partial charge is 0.460 e. The van der Waals surface area contributed by atoms with Crippen LogP contribution in [-0.4, -0.2) is 73.7 Å². The number of anilines is 2. The Kier molecular flexibility index (Phi) is 6.14. The number of carbonyl (C=O) groups excluding carboxylic acids is 4. The molecular weight excluding hydrogens is 380 g/mol. The Morgan fingerprint density at radius 3 is 2.52 bits per heavy atom. The molecule has 1 unspecified atom stereocenters. The van der Waals surface area contributed by atoms with Crippen LogP contribution < -0.4 is 20.4 Å². The summed E-state index contributed by atoms with van der Waals surface area (Å²) in [6.45, 7) is 0.725. The third-order valence-corrected chi connectivity index (χ3v) is 5.10. The van der Waals surface area contributed by atoms with E-state index in [0.29, 0.717) is 11.4 Å². The number of aliphatic hydroxyl groups is 1. The Morgan fingerprint density at radius 2 is 1.93 bits per heavy atom. The summed E-state index contributed by atoms with van der Waals surface area (Å²) in [6.07, 6.45) is -0.365. The van der Waals surface area contributed by atoms with Gasteiger partial charge < -0.3 is 25.4 Å². The van der Waals surface area contributed by atoms with Crippen LogP contribution in [0.4, 0.5) is 11.4 Å². The number of rotatable bonds is 5. The molecule has 156 valence electrons. The second kappa shape index (κ2) is 8.58. The van der Waals surface area contributed by atoms with Crippen LogP contribution in [0, 0.1) is 0 Å². The number of ether oxygens (including phenoxy) is 1. The maximum absolute atomic E-state index is 13.1. The Bertz CT molecular complexity index is 829. The molecule has 1 fully saturated rings. The molecule has 10 nitrogen and oxygen atoms in total. The maximum atomic E-state index is 13.1. The first-order valence-electron chi connectivity index (χ1n) is 9.33. The number of aliphatic hydroxyl groups excluding tert-OH is 1. The van der Waals surface area contributed by atoms with E-state index in [1.807, 2.05) is 0 Å². The van der Waals surface area contributed by atoms with Crippen molar-refractivity contribution < 1.29 is 29.0 Å². The lowest BCUT2D eigenvalue weighted by molar-refractivity contribution is -0.141. The molecular formula is C19H24N4O6. The summed E-state index contributed by atoms with van der Waals surface area (Å²) in [5.41, 5.74) is 0.817. The Hall–Kier alpha value is -2.98. The number of esters is 1. The van der Waals surface area contributed by atoms with Crippen molar-refractivity contribution in [2.75, 3.05) is 36.5 Å². The van der Waals surface area contributed by atoms with E-state index in [4.69, 9.17) is 4.74 Å². The summed E-state index contributed by atoms with van der Waals surface area (Å²) in [5, 5.41) is 14.9. The first-order valence-corrected chi connectivity index (χ1v) is 9.33. The van der Waals surface area contributed by atoms with Gasteiger partial charge in [0.25, 0.3) is 5.91 Å². The normalized spacial score (nSPS) is 24.0. The molecule has 3 N–H and O–H groups in total. The van der Waals surface area contributed by atoms with Gasteiger partial charge >= 0.3 is 5.97 Å². The lowest BCUT2D eigenvalue weighted by atomic mass is 10.1. The molecule has 2 aliphatic rings. The summed E-state index contributed by atoms with van der Waals surface area (Å²) < 4.78 is 5.04. The average molecular weight is 404 g/mol. The molecule has 0 bridgehead atoms. The minimum Gasteiger partial charge on any atom is -0.460 e. The fourth-order valence-corrected chi connectivity index (χ4v) is 3.53. The molecule has 0 radical (unpaired) electrons. The van der Waals surface area contributed by atoms with Crippen LogP contribution in [0.2, 0.25) is 0 Å². The van der Waals surface area contributed by atoms with Crippen LogP contribution in [0.1, 0.15) is 13.3 Å². The third kappa shape index (κ3) is 4.22. The summed E-state index contributed by atoms with van der Waals surface area (Å²) in [5.74, 6) is -1.75. The summed E-state index contributed by atoms with van der Waals surface area (Å²) in [4.78, 5) is 52.0. The van der Waals surface area contributed by atoms with Gasteiger partial charge in [-0.3, -0.25) is 24.1 Å². The van der Waals surface area contributed by atoms with Crippen LogP contribution in [0.25, 0.3) is 0 Å². The zero-order chi connectivity index (χ0) is 21.1. The molecule has 1 saturated heterocycles. The van der Waals surface area contributed by atoms with E-state index in [9.17, 15) is 24.3 Å². The van der Waals surface area contributed by atoms with E-state index in [0.717, 1.165) is 0 Å². The highest BCUT2D eigenvalue weighted by Crippen LogP contribution is 2.32. The fourth-order valence-electron chi connectivity index (χ4n) is 3.53. The van der Waals surface area contributed by atoms with Gasteiger partial charge in [-0.15, -0.1) is 0 Å². The van der Waals surface area contributed by atoms with Crippen molar-refractivity contribution in [3.8, 4) is 0 Å². The number of fused-ring (bicyclic) bond motifs is 1. The molecule has 1 aromatic rings. The third-order valence-electron chi connectivity index (χ3n) is 5.10. The van der Waals surface area contributed by atoms with Crippen molar-refractivity contribution in [1.29, 1.82) is 0 Å². The van der Waals surface area contributed by atoms with Gasteiger partial charge in [-0.25, -0.2) is 0 Å². The average Bonchev–Trinajstić information content (AvgIpc) is 2.96. The van der Waals surface area contributed by atoms with Crippen molar-refractivity contribution >= 4 is 35.1 Å². The van der Waals surface area contributed by atoms with Crippen LogP contribution in [0.3, 0.4) is 0 Å². The van der Waals surface area contributed by atoms with Gasteiger partial charge in [0.05, 0.1) is 30.4 Å². The molecule has 0 aliphatic carbocycles. The number of hydrogen-bond donors (Lipinski definition) is 3. The van der Waals surface area contributed by atoms with Crippen LogP contribution in [0.15, 0.2) is 24.3 Å². The lowest BCUT2D eigenvalue weighted by Gasteiger charge is -2.25. The highest BCUT2D eigenvalue weighted by Gasteiger charge is 2.37. The van der Waals surface area contributed by atoms with Gasteiger partial charge in [0, 0.05) is 0 Å². The quantitative estimate of drug-likeness (QED) is 0.524.